The molecule has 2 heterocycles. The number of nitrogen functional groups attached to an aromatic ring is 1. The number of aromatic amines is 1. The summed E-state index contributed by atoms with van der Waals surface area (Å²) in [6.07, 6.45) is 3.53. The summed E-state index contributed by atoms with van der Waals surface area (Å²) in [4.78, 5) is 4.32. The number of benzene rings is 1. The van der Waals surface area contributed by atoms with E-state index < -0.39 is 0 Å². The Kier molecular flexibility index (Phi) is 2.08. The van der Waals surface area contributed by atoms with Gasteiger partial charge in [-0.05, 0) is 16.5 Å². The van der Waals surface area contributed by atoms with Crippen LogP contribution < -0.4 is 5.73 Å². The molecule has 7 nitrogen and oxygen atoms in total. The van der Waals surface area contributed by atoms with Gasteiger partial charge >= 0.3 is 0 Å². The van der Waals surface area contributed by atoms with Gasteiger partial charge in [-0.1, -0.05) is 28.1 Å². The molecule has 0 bridgehead atoms. The molecule has 0 aliphatic rings. The molecular weight excluding hydrogens is 218 g/mol. The number of hydrogen-bond acceptors (Lipinski definition) is 5. The zero-order valence-corrected chi connectivity index (χ0v) is 8.78. The second kappa shape index (κ2) is 3.71. The highest BCUT2D eigenvalue weighted by Crippen LogP contribution is 2.15. The molecule has 0 aliphatic carbocycles. The van der Waals surface area contributed by atoms with E-state index in [1.807, 2.05) is 30.5 Å². The molecule has 0 aliphatic heterocycles. The molecule has 0 unspecified atom stereocenters. The SMILES string of the molecule is Nc1nnnn1/N=C/c1c[nH]c2ccccc12. The number of nitrogens with zero attached hydrogens (tertiary/aromatic N) is 5. The average Bonchev–Trinajstić information content (AvgIpc) is 2.93. The van der Waals surface area contributed by atoms with Crippen molar-refractivity contribution in [2.75, 3.05) is 5.73 Å². The third kappa shape index (κ3) is 1.63. The molecule has 0 spiro atoms. The zero-order valence-electron chi connectivity index (χ0n) is 8.78. The minimum Gasteiger partial charge on any atom is -0.365 e. The smallest absolute Gasteiger partial charge is 0.263 e. The second-order valence-corrected chi connectivity index (χ2v) is 3.46. The average molecular weight is 227 g/mol. The number of hydrogen-bond donors (Lipinski definition) is 2. The maximum absolute atomic E-state index is 5.50. The van der Waals surface area contributed by atoms with Gasteiger partial charge in [-0.2, -0.15) is 5.10 Å². The minimum atomic E-state index is 0.154. The van der Waals surface area contributed by atoms with E-state index in [-0.39, 0.29) is 5.95 Å². The van der Waals surface area contributed by atoms with E-state index in [2.05, 4.69) is 25.6 Å². The first-order valence-electron chi connectivity index (χ1n) is 4.99. The Morgan fingerprint density at radius 2 is 2.24 bits per heavy atom. The number of aromatic nitrogens is 5. The normalized spacial score (nSPS) is 11.5. The number of rotatable bonds is 2. The molecule has 0 fully saturated rings. The molecule has 2 aromatic heterocycles. The van der Waals surface area contributed by atoms with Crippen molar-refractivity contribution in [1.29, 1.82) is 0 Å². The van der Waals surface area contributed by atoms with Gasteiger partial charge < -0.3 is 10.7 Å². The lowest BCUT2D eigenvalue weighted by Gasteiger charge is -1.91. The molecule has 0 atom stereocenters. The number of tetrazole rings is 1. The molecule has 84 valence electrons. The van der Waals surface area contributed by atoms with E-state index in [1.165, 1.54) is 4.79 Å². The van der Waals surface area contributed by atoms with Gasteiger partial charge in [-0.3, -0.25) is 0 Å². The Balaban J connectivity index is 2.00. The van der Waals surface area contributed by atoms with E-state index in [1.54, 1.807) is 6.21 Å². The van der Waals surface area contributed by atoms with Crippen LogP contribution in [-0.2, 0) is 0 Å². The van der Waals surface area contributed by atoms with Gasteiger partial charge in [0.05, 0.1) is 6.21 Å². The van der Waals surface area contributed by atoms with Crippen molar-refractivity contribution in [2.45, 2.75) is 0 Å². The number of nitrogens with two attached hydrogens (primary N) is 1. The fourth-order valence-electron chi connectivity index (χ4n) is 1.59. The third-order valence-corrected chi connectivity index (χ3v) is 2.40. The molecular formula is C10H9N7. The molecule has 0 saturated carbocycles. The van der Waals surface area contributed by atoms with Gasteiger partial charge in [0.15, 0.2) is 0 Å². The highest BCUT2D eigenvalue weighted by molar-refractivity contribution is 5.98. The van der Waals surface area contributed by atoms with Crippen molar-refractivity contribution in [3.05, 3.63) is 36.0 Å². The highest BCUT2D eigenvalue weighted by Gasteiger charge is 2.01. The predicted octanol–water partition coefficient (Wildman–Crippen LogP) is 0.619. The first-order chi connectivity index (χ1) is 8.34. The first-order valence-corrected chi connectivity index (χ1v) is 4.99. The largest absolute Gasteiger partial charge is 0.365 e. The van der Waals surface area contributed by atoms with E-state index in [0.717, 1.165) is 16.5 Å². The van der Waals surface area contributed by atoms with Crippen LogP contribution in [-0.4, -0.2) is 31.5 Å². The molecule has 3 aromatic rings. The first kappa shape index (κ1) is 9.52. The zero-order chi connectivity index (χ0) is 11.7. The van der Waals surface area contributed by atoms with E-state index in [9.17, 15) is 0 Å². The molecule has 0 amide bonds. The van der Waals surface area contributed by atoms with Crippen LogP contribution in [0.1, 0.15) is 5.56 Å². The van der Waals surface area contributed by atoms with Crippen molar-refractivity contribution in [2.24, 2.45) is 5.10 Å². The van der Waals surface area contributed by atoms with E-state index in [0.29, 0.717) is 0 Å². The maximum atomic E-state index is 5.50. The lowest BCUT2D eigenvalue weighted by atomic mass is 10.2. The summed E-state index contributed by atoms with van der Waals surface area (Å²) in [7, 11) is 0. The molecule has 0 radical (unpaired) electrons. The fourth-order valence-corrected chi connectivity index (χ4v) is 1.59. The van der Waals surface area contributed by atoms with Crippen LogP contribution >= 0.6 is 0 Å². The Morgan fingerprint density at radius 1 is 1.35 bits per heavy atom. The predicted molar refractivity (Wildman–Crippen MR) is 63.5 cm³/mol. The number of fused-ring (bicyclic) bond motifs is 1. The van der Waals surface area contributed by atoms with Crippen molar-refractivity contribution >= 4 is 23.1 Å². The van der Waals surface area contributed by atoms with Gasteiger partial charge in [-0.25, -0.2) is 0 Å². The third-order valence-electron chi connectivity index (χ3n) is 2.40. The lowest BCUT2D eigenvalue weighted by Crippen LogP contribution is -1.99. The van der Waals surface area contributed by atoms with Gasteiger partial charge in [0.1, 0.15) is 0 Å². The lowest BCUT2D eigenvalue weighted by molar-refractivity contribution is 0.700. The summed E-state index contributed by atoms with van der Waals surface area (Å²) in [6.45, 7) is 0. The second-order valence-electron chi connectivity index (χ2n) is 3.46. The molecule has 17 heavy (non-hydrogen) atoms. The van der Waals surface area contributed by atoms with Crippen LogP contribution in [0.25, 0.3) is 10.9 Å². The standard InChI is InChI=1S/C10H9N7/c11-10-14-15-16-17(10)13-6-7-5-12-9-4-2-1-3-8(7)9/h1-6,12H,(H2,11,14,16)/b13-6+. The van der Waals surface area contributed by atoms with Crippen molar-refractivity contribution in [3.63, 3.8) is 0 Å². The van der Waals surface area contributed by atoms with Crippen LogP contribution in [0.3, 0.4) is 0 Å². The van der Waals surface area contributed by atoms with Gasteiger partial charge in [0, 0.05) is 22.7 Å². The molecule has 3 N–H and O–H groups in total. The topological polar surface area (TPSA) is 97.8 Å². The van der Waals surface area contributed by atoms with Crippen LogP contribution in [0.4, 0.5) is 5.95 Å². The summed E-state index contributed by atoms with van der Waals surface area (Å²) in [6, 6.07) is 7.95. The number of nitrogens with one attached hydrogen (secondary N) is 1. The van der Waals surface area contributed by atoms with Gasteiger partial charge in [-0.15, -0.1) is 0 Å². The fraction of sp³-hybridized carbons (Fsp3) is 0. The summed E-state index contributed by atoms with van der Waals surface area (Å²) < 4.78 is 0. The van der Waals surface area contributed by atoms with Crippen molar-refractivity contribution in [1.82, 2.24) is 25.3 Å². The summed E-state index contributed by atoms with van der Waals surface area (Å²) >= 11 is 0. The maximum Gasteiger partial charge on any atom is 0.263 e. The van der Waals surface area contributed by atoms with Gasteiger partial charge in [0.25, 0.3) is 5.95 Å². The summed E-state index contributed by atoms with van der Waals surface area (Å²) in [5.41, 5.74) is 7.51. The highest BCUT2D eigenvalue weighted by atomic mass is 15.7. The molecule has 1 aromatic carbocycles. The van der Waals surface area contributed by atoms with Crippen molar-refractivity contribution < 1.29 is 0 Å². The van der Waals surface area contributed by atoms with E-state index >= 15 is 0 Å². The number of anilines is 1. The Hall–Kier alpha value is -2.70. The van der Waals surface area contributed by atoms with Crippen molar-refractivity contribution in [3.8, 4) is 0 Å². The van der Waals surface area contributed by atoms with Crippen LogP contribution in [0.2, 0.25) is 0 Å². The number of para-hydroxylation sites is 1. The Bertz CT molecular complexity index is 679. The summed E-state index contributed by atoms with van der Waals surface area (Å²) in [5, 5.41) is 15.7. The minimum absolute atomic E-state index is 0.154. The Morgan fingerprint density at radius 3 is 3.06 bits per heavy atom. The quantitative estimate of drug-likeness (QED) is 0.627. The van der Waals surface area contributed by atoms with Gasteiger partial charge in [0.2, 0.25) is 0 Å². The number of H-pyrrole nitrogens is 1. The van der Waals surface area contributed by atoms with Crippen LogP contribution in [0, 0.1) is 0 Å². The summed E-state index contributed by atoms with van der Waals surface area (Å²) in [5.74, 6) is 0.154. The van der Waals surface area contributed by atoms with Crippen LogP contribution in [0.15, 0.2) is 35.6 Å². The van der Waals surface area contributed by atoms with E-state index in [4.69, 9.17) is 5.73 Å². The molecule has 3 rings (SSSR count). The Labute approximate surface area is 95.9 Å². The monoisotopic (exact) mass is 227 g/mol. The van der Waals surface area contributed by atoms with Crippen LogP contribution in [0.5, 0.6) is 0 Å². The molecule has 7 heteroatoms. The molecule has 0 saturated heterocycles.